The lowest BCUT2D eigenvalue weighted by molar-refractivity contribution is -0.383. The highest BCUT2D eigenvalue weighted by atomic mass is 19.2. The van der Waals surface area contributed by atoms with Gasteiger partial charge in [0.2, 0.25) is 0 Å². The van der Waals surface area contributed by atoms with Gasteiger partial charge in [0.15, 0.2) is 17.5 Å². The van der Waals surface area contributed by atoms with Crippen LogP contribution in [0.4, 0.5) is 35.9 Å². The quantitative estimate of drug-likeness (QED) is 0.392. The largest absolute Gasteiger partial charge is 0.393 e. The van der Waals surface area contributed by atoms with E-state index in [0.717, 1.165) is 18.2 Å². The molecule has 0 aliphatic heterocycles. The topological polar surface area (TPSA) is 81.2 Å². The summed E-state index contributed by atoms with van der Waals surface area (Å²) in [5, 5.41) is 13.0. The van der Waals surface area contributed by atoms with Crippen LogP contribution in [0.15, 0.2) is 30.3 Å². The minimum atomic E-state index is -1.61. The zero-order valence-corrected chi connectivity index (χ0v) is 9.86. The molecular formula is C12H8F3N3O2. The van der Waals surface area contributed by atoms with Crippen LogP contribution in [0.25, 0.3) is 0 Å². The van der Waals surface area contributed by atoms with Crippen LogP contribution < -0.4 is 11.1 Å². The Morgan fingerprint density at radius 3 is 2.40 bits per heavy atom. The van der Waals surface area contributed by atoms with Crippen molar-refractivity contribution in [2.75, 3.05) is 11.1 Å². The lowest BCUT2D eigenvalue weighted by Gasteiger charge is -2.09. The number of nitro groups is 1. The van der Waals surface area contributed by atoms with Gasteiger partial charge < -0.3 is 11.1 Å². The van der Waals surface area contributed by atoms with Crippen LogP contribution in [0.2, 0.25) is 0 Å². The van der Waals surface area contributed by atoms with Gasteiger partial charge in [-0.05, 0) is 24.3 Å². The molecule has 3 N–H and O–H groups in total. The second-order valence-corrected chi connectivity index (χ2v) is 3.88. The van der Waals surface area contributed by atoms with E-state index in [2.05, 4.69) is 5.32 Å². The number of nitrogen functional groups attached to an aromatic ring is 1. The normalized spacial score (nSPS) is 10.3. The van der Waals surface area contributed by atoms with E-state index in [0.29, 0.717) is 0 Å². The van der Waals surface area contributed by atoms with E-state index in [9.17, 15) is 23.3 Å². The third-order valence-corrected chi connectivity index (χ3v) is 2.54. The van der Waals surface area contributed by atoms with E-state index in [4.69, 9.17) is 5.73 Å². The molecule has 2 rings (SSSR count). The van der Waals surface area contributed by atoms with Gasteiger partial charge in [0.25, 0.3) is 5.69 Å². The number of hydrogen-bond acceptors (Lipinski definition) is 4. The molecule has 0 saturated heterocycles. The Labute approximate surface area is 111 Å². The molecule has 5 nitrogen and oxygen atoms in total. The average Bonchev–Trinajstić information content (AvgIpc) is 2.39. The molecule has 2 aromatic rings. The van der Waals surface area contributed by atoms with E-state index in [1.54, 1.807) is 0 Å². The summed E-state index contributed by atoms with van der Waals surface area (Å²) in [6.45, 7) is 0. The van der Waals surface area contributed by atoms with Gasteiger partial charge >= 0.3 is 0 Å². The minimum absolute atomic E-state index is 0.136. The molecule has 0 amide bonds. The fraction of sp³-hybridized carbons (Fsp3) is 0. The van der Waals surface area contributed by atoms with Crippen LogP contribution in [0.1, 0.15) is 0 Å². The minimum Gasteiger partial charge on any atom is -0.393 e. The molecule has 0 spiro atoms. The van der Waals surface area contributed by atoms with Gasteiger partial charge in [0, 0.05) is 11.8 Å². The van der Waals surface area contributed by atoms with Crippen LogP contribution >= 0.6 is 0 Å². The number of anilines is 3. The number of halogens is 3. The zero-order chi connectivity index (χ0) is 14.9. The number of nitrogens with zero attached hydrogens (tertiary/aromatic N) is 1. The highest BCUT2D eigenvalue weighted by Crippen LogP contribution is 2.28. The van der Waals surface area contributed by atoms with Crippen molar-refractivity contribution < 1.29 is 18.1 Å². The Bertz CT molecular complexity index is 692. The Morgan fingerprint density at radius 1 is 1.10 bits per heavy atom. The Balaban J connectivity index is 2.34. The molecule has 2 aromatic carbocycles. The predicted molar refractivity (Wildman–Crippen MR) is 67.1 cm³/mol. The molecule has 0 radical (unpaired) electrons. The molecule has 0 aromatic heterocycles. The number of nitrogens with two attached hydrogens (primary N) is 1. The Morgan fingerprint density at radius 2 is 1.80 bits per heavy atom. The number of nitrogens with one attached hydrogen (secondary N) is 1. The molecule has 0 heterocycles. The van der Waals surface area contributed by atoms with E-state index in [1.807, 2.05) is 0 Å². The van der Waals surface area contributed by atoms with Crippen molar-refractivity contribution in [3.8, 4) is 0 Å². The van der Waals surface area contributed by atoms with Crippen LogP contribution in [0, 0.1) is 27.6 Å². The maximum Gasteiger partial charge on any atom is 0.292 e. The van der Waals surface area contributed by atoms with Gasteiger partial charge in [-0.3, -0.25) is 10.1 Å². The van der Waals surface area contributed by atoms with Gasteiger partial charge in [-0.15, -0.1) is 0 Å². The predicted octanol–water partition coefficient (Wildman–Crippen LogP) is 3.34. The molecule has 20 heavy (non-hydrogen) atoms. The van der Waals surface area contributed by atoms with Gasteiger partial charge in [-0.25, -0.2) is 13.2 Å². The van der Waals surface area contributed by atoms with Gasteiger partial charge in [-0.1, -0.05) is 0 Å². The molecule has 104 valence electrons. The fourth-order valence-electron chi connectivity index (χ4n) is 1.58. The van der Waals surface area contributed by atoms with Crippen molar-refractivity contribution in [3.63, 3.8) is 0 Å². The number of rotatable bonds is 3. The summed E-state index contributed by atoms with van der Waals surface area (Å²) >= 11 is 0. The Hall–Kier alpha value is -2.77. The van der Waals surface area contributed by atoms with Gasteiger partial charge in [0.05, 0.1) is 10.6 Å². The lowest BCUT2D eigenvalue weighted by atomic mass is 10.2. The van der Waals surface area contributed by atoms with E-state index < -0.39 is 22.4 Å². The molecule has 0 aliphatic carbocycles. The van der Waals surface area contributed by atoms with Gasteiger partial charge in [-0.2, -0.15) is 0 Å². The summed E-state index contributed by atoms with van der Waals surface area (Å²) in [5.41, 5.74) is 4.92. The van der Waals surface area contributed by atoms with Crippen molar-refractivity contribution in [3.05, 3.63) is 57.9 Å². The summed E-state index contributed by atoms with van der Waals surface area (Å²) in [6, 6.07) is 5.35. The molecule has 0 saturated carbocycles. The van der Waals surface area contributed by atoms with Crippen LogP contribution in [0.5, 0.6) is 0 Å². The molecule has 0 unspecified atom stereocenters. The first-order valence-electron chi connectivity index (χ1n) is 5.34. The van der Waals surface area contributed by atoms with Crippen molar-refractivity contribution in [1.82, 2.24) is 0 Å². The van der Waals surface area contributed by atoms with Crippen LogP contribution in [-0.4, -0.2) is 4.92 Å². The monoisotopic (exact) mass is 283 g/mol. The van der Waals surface area contributed by atoms with Crippen LogP contribution in [-0.2, 0) is 0 Å². The summed E-state index contributed by atoms with van der Waals surface area (Å²) in [4.78, 5) is 9.91. The van der Waals surface area contributed by atoms with Crippen LogP contribution in [0.3, 0.4) is 0 Å². The molecule has 0 aliphatic rings. The standard InChI is InChI=1S/C12H8F3N3O2/c13-7-2-3-9(12(15)11(7)14)17-6-1-4-10(18(19)20)8(16)5-6/h1-5,17H,16H2. The summed E-state index contributed by atoms with van der Waals surface area (Å²) in [6.07, 6.45) is 0. The van der Waals surface area contributed by atoms with Crippen molar-refractivity contribution in [2.24, 2.45) is 0 Å². The first-order valence-corrected chi connectivity index (χ1v) is 5.34. The third kappa shape index (κ3) is 2.48. The van der Waals surface area contributed by atoms with E-state index in [1.165, 1.54) is 12.1 Å². The van der Waals surface area contributed by atoms with Crippen molar-refractivity contribution >= 4 is 22.7 Å². The first-order chi connectivity index (χ1) is 9.40. The second kappa shape index (κ2) is 5.08. The highest BCUT2D eigenvalue weighted by molar-refractivity contribution is 5.70. The van der Waals surface area contributed by atoms with E-state index in [-0.39, 0.29) is 22.7 Å². The fourth-order valence-corrected chi connectivity index (χ4v) is 1.58. The maximum atomic E-state index is 13.4. The molecule has 0 fully saturated rings. The lowest BCUT2D eigenvalue weighted by Crippen LogP contribution is -2.00. The molecule has 0 atom stereocenters. The summed E-state index contributed by atoms with van der Waals surface area (Å²) < 4.78 is 39.2. The third-order valence-electron chi connectivity index (χ3n) is 2.54. The van der Waals surface area contributed by atoms with Crippen molar-refractivity contribution in [2.45, 2.75) is 0 Å². The zero-order valence-electron chi connectivity index (χ0n) is 9.86. The highest BCUT2D eigenvalue weighted by Gasteiger charge is 2.15. The van der Waals surface area contributed by atoms with Gasteiger partial charge in [0.1, 0.15) is 5.69 Å². The average molecular weight is 283 g/mol. The van der Waals surface area contributed by atoms with Crippen molar-refractivity contribution in [1.29, 1.82) is 0 Å². The summed E-state index contributed by atoms with van der Waals surface area (Å²) in [7, 11) is 0. The molecule has 0 bridgehead atoms. The molecular weight excluding hydrogens is 275 g/mol. The first kappa shape index (κ1) is 13.7. The second-order valence-electron chi connectivity index (χ2n) is 3.88. The summed E-state index contributed by atoms with van der Waals surface area (Å²) in [5.74, 6) is -4.30. The number of nitro benzene ring substituents is 1. The maximum absolute atomic E-state index is 13.4. The number of hydrogen-bond donors (Lipinski definition) is 2. The SMILES string of the molecule is Nc1cc(Nc2ccc(F)c(F)c2F)ccc1[N+](=O)[O-]. The number of benzene rings is 2. The Kier molecular flexibility index (Phi) is 3.47. The van der Waals surface area contributed by atoms with E-state index >= 15 is 0 Å². The molecule has 8 heteroatoms. The smallest absolute Gasteiger partial charge is 0.292 e.